The zero-order valence-electron chi connectivity index (χ0n) is 15.6. The Morgan fingerprint density at radius 2 is 1.93 bits per heavy atom. The summed E-state index contributed by atoms with van der Waals surface area (Å²) in [5.74, 6) is 0.411. The van der Waals surface area contributed by atoms with Gasteiger partial charge >= 0.3 is 5.97 Å². The summed E-state index contributed by atoms with van der Waals surface area (Å²) < 4.78 is 15.5. The fourth-order valence-corrected chi connectivity index (χ4v) is 2.40. The van der Waals surface area contributed by atoms with Crippen LogP contribution in [0.2, 0.25) is 0 Å². The van der Waals surface area contributed by atoms with Crippen LogP contribution in [0.5, 0.6) is 11.5 Å². The van der Waals surface area contributed by atoms with Crippen LogP contribution in [0, 0.1) is 0 Å². The van der Waals surface area contributed by atoms with E-state index in [1.807, 2.05) is 0 Å². The van der Waals surface area contributed by atoms with Crippen LogP contribution in [0.25, 0.3) is 6.08 Å². The van der Waals surface area contributed by atoms with Crippen LogP contribution < -0.4 is 14.9 Å². The average Bonchev–Trinajstić information content (AvgIpc) is 3.26. The van der Waals surface area contributed by atoms with Gasteiger partial charge < -0.3 is 13.9 Å². The number of benzene rings is 2. The number of amides is 1. The first-order chi connectivity index (χ1) is 14.2. The van der Waals surface area contributed by atoms with E-state index >= 15 is 0 Å². The molecule has 1 aromatic heterocycles. The first-order valence-electron chi connectivity index (χ1n) is 8.65. The molecule has 0 fully saturated rings. The number of carbonyl (C=O) groups excluding carboxylic acids is 2. The Balaban J connectivity index is 1.59. The summed E-state index contributed by atoms with van der Waals surface area (Å²) in [6.45, 7) is 0. The van der Waals surface area contributed by atoms with Crippen molar-refractivity contribution < 1.29 is 23.5 Å². The van der Waals surface area contributed by atoms with E-state index in [0.717, 1.165) is 0 Å². The topological polar surface area (TPSA) is 90.1 Å². The first-order valence-corrected chi connectivity index (χ1v) is 8.65. The Hall–Kier alpha value is -4.13. The van der Waals surface area contributed by atoms with Gasteiger partial charge in [0.1, 0.15) is 17.3 Å². The molecule has 0 bridgehead atoms. The number of para-hydroxylation sites is 1. The molecule has 0 saturated carbocycles. The Kier molecular flexibility index (Phi) is 6.57. The normalized spacial score (nSPS) is 10.9. The Bertz CT molecular complexity index is 1040. The number of ether oxygens (including phenoxy) is 2. The van der Waals surface area contributed by atoms with Crippen molar-refractivity contribution in [2.24, 2.45) is 5.10 Å². The van der Waals surface area contributed by atoms with E-state index in [4.69, 9.17) is 13.9 Å². The third-order valence-electron chi connectivity index (χ3n) is 3.73. The molecule has 3 rings (SSSR count). The molecule has 1 N–H and O–H groups in total. The van der Waals surface area contributed by atoms with Gasteiger partial charge in [-0.05, 0) is 48.0 Å². The lowest BCUT2D eigenvalue weighted by Gasteiger charge is -2.06. The Morgan fingerprint density at radius 3 is 2.72 bits per heavy atom. The van der Waals surface area contributed by atoms with Crippen LogP contribution in [-0.4, -0.2) is 25.2 Å². The van der Waals surface area contributed by atoms with Crippen molar-refractivity contribution >= 4 is 24.2 Å². The van der Waals surface area contributed by atoms with Crippen molar-refractivity contribution in [3.8, 4) is 11.5 Å². The minimum atomic E-state index is -0.542. The van der Waals surface area contributed by atoms with Gasteiger partial charge in [-0.15, -0.1) is 0 Å². The number of hydrogen-bond donors (Lipinski definition) is 1. The number of hydrogen-bond acceptors (Lipinski definition) is 6. The fourth-order valence-electron chi connectivity index (χ4n) is 2.40. The van der Waals surface area contributed by atoms with E-state index in [2.05, 4.69) is 10.5 Å². The first kappa shape index (κ1) is 19.6. The lowest BCUT2D eigenvalue weighted by molar-refractivity contribution is -0.128. The SMILES string of the molecule is COc1ccccc1C(=O)N/N=C/c1cccc(OC(=O)/C=C/c2ccco2)c1. The maximum atomic E-state index is 12.2. The highest BCUT2D eigenvalue weighted by Gasteiger charge is 2.10. The Labute approximate surface area is 167 Å². The highest BCUT2D eigenvalue weighted by molar-refractivity contribution is 5.97. The molecule has 0 atom stereocenters. The second kappa shape index (κ2) is 9.70. The molecule has 1 heterocycles. The molecule has 0 radical (unpaired) electrons. The zero-order chi connectivity index (χ0) is 20.5. The molecule has 0 aliphatic rings. The number of methoxy groups -OCH3 is 1. The van der Waals surface area contributed by atoms with Gasteiger partial charge in [-0.1, -0.05) is 24.3 Å². The van der Waals surface area contributed by atoms with Crippen LogP contribution in [-0.2, 0) is 4.79 Å². The molecule has 3 aromatic rings. The van der Waals surface area contributed by atoms with Crippen molar-refractivity contribution in [3.63, 3.8) is 0 Å². The van der Waals surface area contributed by atoms with E-state index in [1.165, 1.54) is 31.7 Å². The second-order valence-corrected chi connectivity index (χ2v) is 5.74. The third kappa shape index (κ3) is 5.67. The smallest absolute Gasteiger partial charge is 0.336 e. The fraction of sp³-hybridized carbons (Fsp3) is 0.0455. The van der Waals surface area contributed by atoms with E-state index in [-0.39, 0.29) is 0 Å². The van der Waals surface area contributed by atoms with Crippen LogP contribution in [0.15, 0.2) is 82.5 Å². The van der Waals surface area contributed by atoms with Gasteiger partial charge in [0.2, 0.25) is 0 Å². The van der Waals surface area contributed by atoms with Crippen LogP contribution in [0.1, 0.15) is 21.7 Å². The molecule has 1 amide bonds. The van der Waals surface area contributed by atoms with Gasteiger partial charge in [0.25, 0.3) is 5.91 Å². The third-order valence-corrected chi connectivity index (χ3v) is 3.73. The maximum absolute atomic E-state index is 12.2. The quantitative estimate of drug-likeness (QED) is 0.219. The number of furan rings is 1. The molecule has 2 aromatic carbocycles. The molecule has 0 saturated heterocycles. The van der Waals surface area contributed by atoms with Crippen molar-refractivity contribution in [2.75, 3.05) is 7.11 Å². The minimum Gasteiger partial charge on any atom is -0.496 e. The molecule has 0 aliphatic carbocycles. The largest absolute Gasteiger partial charge is 0.496 e. The van der Waals surface area contributed by atoms with E-state index in [9.17, 15) is 9.59 Å². The summed E-state index contributed by atoms with van der Waals surface area (Å²) in [5.41, 5.74) is 3.46. The summed E-state index contributed by atoms with van der Waals surface area (Å²) in [6.07, 6.45) is 5.75. The molecule has 7 heteroatoms. The number of hydrazone groups is 1. The molecule has 0 aliphatic heterocycles. The highest BCUT2D eigenvalue weighted by Crippen LogP contribution is 2.17. The molecule has 0 unspecified atom stereocenters. The van der Waals surface area contributed by atoms with Crippen LogP contribution in [0.3, 0.4) is 0 Å². The van der Waals surface area contributed by atoms with Gasteiger partial charge in [0, 0.05) is 6.08 Å². The van der Waals surface area contributed by atoms with E-state index in [0.29, 0.717) is 28.4 Å². The maximum Gasteiger partial charge on any atom is 0.336 e. The summed E-state index contributed by atoms with van der Waals surface area (Å²) in [5, 5.41) is 3.94. The van der Waals surface area contributed by atoms with Crippen molar-refractivity contribution in [2.45, 2.75) is 0 Å². The number of carbonyl (C=O) groups is 2. The highest BCUT2D eigenvalue weighted by atomic mass is 16.5. The zero-order valence-corrected chi connectivity index (χ0v) is 15.6. The molecular weight excluding hydrogens is 372 g/mol. The molecular formula is C22H18N2O5. The molecule has 146 valence electrons. The van der Waals surface area contributed by atoms with Gasteiger partial charge in [0.15, 0.2) is 0 Å². The van der Waals surface area contributed by atoms with Crippen molar-refractivity contribution in [3.05, 3.63) is 89.9 Å². The lowest BCUT2D eigenvalue weighted by Crippen LogP contribution is -2.18. The second-order valence-electron chi connectivity index (χ2n) is 5.74. The summed E-state index contributed by atoms with van der Waals surface area (Å²) in [7, 11) is 1.49. The molecule has 7 nitrogen and oxygen atoms in total. The van der Waals surface area contributed by atoms with Crippen LogP contribution >= 0.6 is 0 Å². The minimum absolute atomic E-state index is 0.346. The summed E-state index contributed by atoms with van der Waals surface area (Å²) >= 11 is 0. The predicted octanol–water partition coefficient (Wildman–Crippen LogP) is 3.67. The predicted molar refractivity (Wildman–Crippen MR) is 108 cm³/mol. The summed E-state index contributed by atoms with van der Waals surface area (Å²) in [6, 6.07) is 17.0. The Morgan fingerprint density at radius 1 is 1.07 bits per heavy atom. The number of esters is 1. The van der Waals surface area contributed by atoms with E-state index in [1.54, 1.807) is 60.7 Å². The van der Waals surface area contributed by atoms with Gasteiger partial charge in [-0.25, -0.2) is 10.2 Å². The number of nitrogens with one attached hydrogen (secondary N) is 1. The average molecular weight is 390 g/mol. The van der Waals surface area contributed by atoms with Crippen LogP contribution in [0.4, 0.5) is 0 Å². The van der Waals surface area contributed by atoms with Crippen molar-refractivity contribution in [1.82, 2.24) is 5.43 Å². The molecule has 29 heavy (non-hydrogen) atoms. The molecule has 0 spiro atoms. The van der Waals surface area contributed by atoms with Gasteiger partial charge in [-0.2, -0.15) is 5.10 Å². The van der Waals surface area contributed by atoms with Gasteiger partial charge in [0.05, 0.1) is 25.2 Å². The van der Waals surface area contributed by atoms with Gasteiger partial charge in [-0.3, -0.25) is 4.79 Å². The van der Waals surface area contributed by atoms with Crippen molar-refractivity contribution in [1.29, 1.82) is 0 Å². The van der Waals surface area contributed by atoms with E-state index < -0.39 is 11.9 Å². The standard InChI is InChI=1S/C22H18N2O5/c1-27-20-10-3-2-9-19(20)22(26)24-23-15-16-6-4-7-18(14-16)29-21(25)12-11-17-8-5-13-28-17/h2-15H,1H3,(H,24,26)/b12-11+,23-15+. The monoisotopic (exact) mass is 390 g/mol. The number of nitrogens with zero attached hydrogens (tertiary/aromatic N) is 1. The lowest BCUT2D eigenvalue weighted by atomic mass is 10.2. The number of rotatable bonds is 7. The summed E-state index contributed by atoms with van der Waals surface area (Å²) in [4.78, 5) is 24.1.